The molecule has 0 amide bonds. The minimum absolute atomic E-state index is 1.06. The Kier molecular flexibility index (Phi) is 6.16. The third kappa shape index (κ3) is 5.39. The van der Waals surface area contributed by atoms with Crippen LogP contribution in [-0.2, 0) is 0 Å². The van der Waals surface area contributed by atoms with Crippen LogP contribution >= 0.6 is 0 Å². The van der Waals surface area contributed by atoms with Gasteiger partial charge in [-0.25, -0.2) is 0 Å². The lowest BCUT2D eigenvalue weighted by Gasteiger charge is -2.11. The van der Waals surface area contributed by atoms with Crippen molar-refractivity contribution in [1.82, 2.24) is 5.32 Å². The van der Waals surface area contributed by atoms with E-state index in [0.29, 0.717) is 0 Å². The van der Waals surface area contributed by atoms with E-state index in [1.54, 1.807) is 0 Å². The predicted octanol–water partition coefficient (Wildman–Crippen LogP) is 4.28. The van der Waals surface area contributed by atoms with Crippen LogP contribution in [0, 0.1) is 0 Å². The van der Waals surface area contributed by atoms with Gasteiger partial charge in [-0.3, -0.25) is 0 Å². The second-order valence-corrected chi connectivity index (χ2v) is 4.33. The summed E-state index contributed by atoms with van der Waals surface area (Å²) in [5.74, 6) is 0. The van der Waals surface area contributed by atoms with Crippen molar-refractivity contribution in [3.05, 3.63) is 59.9 Å². The third-order valence-electron chi connectivity index (χ3n) is 2.90. The van der Waals surface area contributed by atoms with Crippen molar-refractivity contribution in [1.29, 1.82) is 0 Å². The van der Waals surface area contributed by atoms with Gasteiger partial charge in [0.05, 0.1) is 0 Å². The van der Waals surface area contributed by atoms with Crippen molar-refractivity contribution < 1.29 is 0 Å². The number of unbranched alkanes of at least 4 members (excludes halogenated alkanes) is 1. The SMILES string of the molecule is C=CCC/C=C(C)/C=C/C1=CC=C(NC)CC1. The average Bonchev–Trinajstić information content (AvgIpc) is 2.37. The molecule has 0 unspecified atom stereocenters. The molecule has 17 heavy (non-hydrogen) atoms. The van der Waals surface area contributed by atoms with Crippen molar-refractivity contribution in [3.63, 3.8) is 0 Å². The summed E-state index contributed by atoms with van der Waals surface area (Å²) in [6.07, 6.45) is 17.4. The summed E-state index contributed by atoms with van der Waals surface area (Å²) in [4.78, 5) is 0. The summed E-state index contributed by atoms with van der Waals surface area (Å²) in [6, 6.07) is 0. The number of rotatable bonds is 6. The maximum atomic E-state index is 3.72. The topological polar surface area (TPSA) is 12.0 Å². The summed E-state index contributed by atoms with van der Waals surface area (Å²) >= 11 is 0. The first-order chi connectivity index (χ1) is 8.26. The summed E-state index contributed by atoms with van der Waals surface area (Å²) in [7, 11) is 1.98. The van der Waals surface area contributed by atoms with E-state index in [0.717, 1.165) is 25.7 Å². The minimum Gasteiger partial charge on any atom is -0.391 e. The molecule has 0 bridgehead atoms. The highest BCUT2D eigenvalue weighted by molar-refractivity contribution is 5.33. The molecule has 1 rings (SSSR count). The number of nitrogens with one attached hydrogen (secondary N) is 1. The molecule has 0 radical (unpaired) electrons. The first-order valence-corrected chi connectivity index (χ1v) is 6.29. The first-order valence-electron chi connectivity index (χ1n) is 6.29. The minimum atomic E-state index is 1.06. The molecular weight excluding hydrogens is 206 g/mol. The number of allylic oxidation sites excluding steroid dienone is 9. The summed E-state index contributed by atoms with van der Waals surface area (Å²) in [5.41, 5.74) is 4.05. The van der Waals surface area contributed by atoms with E-state index < -0.39 is 0 Å². The highest BCUT2D eigenvalue weighted by Gasteiger charge is 2.01. The zero-order valence-corrected chi connectivity index (χ0v) is 11.0. The Hall–Kier alpha value is -1.50. The molecule has 0 saturated carbocycles. The molecule has 0 aromatic heterocycles. The quantitative estimate of drug-likeness (QED) is 0.407. The maximum Gasteiger partial charge on any atom is 0.0107 e. The second-order valence-electron chi connectivity index (χ2n) is 4.33. The zero-order chi connectivity index (χ0) is 12.5. The van der Waals surface area contributed by atoms with Crippen LogP contribution < -0.4 is 5.32 Å². The van der Waals surface area contributed by atoms with Gasteiger partial charge in [-0.05, 0) is 44.3 Å². The monoisotopic (exact) mass is 229 g/mol. The predicted molar refractivity (Wildman–Crippen MR) is 76.8 cm³/mol. The molecule has 1 N–H and O–H groups in total. The van der Waals surface area contributed by atoms with Crippen LogP contribution in [0.5, 0.6) is 0 Å². The Morgan fingerprint density at radius 3 is 2.76 bits per heavy atom. The summed E-state index contributed by atoms with van der Waals surface area (Å²) in [6.45, 7) is 5.87. The van der Waals surface area contributed by atoms with Crippen molar-refractivity contribution in [2.75, 3.05) is 7.05 Å². The molecule has 1 nitrogen and oxygen atoms in total. The first kappa shape index (κ1) is 13.6. The largest absolute Gasteiger partial charge is 0.391 e. The van der Waals surface area contributed by atoms with E-state index in [1.807, 2.05) is 13.1 Å². The van der Waals surface area contributed by atoms with Gasteiger partial charge in [-0.1, -0.05) is 36.0 Å². The fraction of sp³-hybridized carbons (Fsp3) is 0.375. The van der Waals surface area contributed by atoms with E-state index in [-0.39, 0.29) is 0 Å². The van der Waals surface area contributed by atoms with Crippen molar-refractivity contribution in [3.8, 4) is 0 Å². The van der Waals surface area contributed by atoms with Gasteiger partial charge in [0.15, 0.2) is 0 Å². The molecule has 0 heterocycles. The van der Waals surface area contributed by atoms with Gasteiger partial charge >= 0.3 is 0 Å². The highest BCUT2D eigenvalue weighted by Crippen LogP contribution is 2.17. The lowest BCUT2D eigenvalue weighted by Crippen LogP contribution is -2.07. The van der Waals surface area contributed by atoms with Gasteiger partial charge < -0.3 is 5.32 Å². The lowest BCUT2D eigenvalue weighted by molar-refractivity contribution is 0.825. The Morgan fingerprint density at radius 1 is 1.35 bits per heavy atom. The molecule has 0 spiro atoms. The highest BCUT2D eigenvalue weighted by atomic mass is 14.8. The molecule has 0 atom stereocenters. The van der Waals surface area contributed by atoms with E-state index in [9.17, 15) is 0 Å². The fourth-order valence-electron chi connectivity index (χ4n) is 1.74. The Balaban J connectivity index is 2.48. The molecule has 0 aromatic carbocycles. The molecule has 1 heteroatoms. The van der Waals surface area contributed by atoms with Crippen LogP contribution in [-0.4, -0.2) is 7.05 Å². The maximum absolute atomic E-state index is 3.72. The van der Waals surface area contributed by atoms with Gasteiger partial charge in [0.25, 0.3) is 0 Å². The Morgan fingerprint density at radius 2 is 2.18 bits per heavy atom. The molecular formula is C16H23N. The van der Waals surface area contributed by atoms with Gasteiger partial charge in [0, 0.05) is 12.7 Å². The molecule has 0 aliphatic heterocycles. The van der Waals surface area contributed by atoms with Gasteiger partial charge in [0.1, 0.15) is 0 Å². The van der Waals surface area contributed by atoms with Crippen molar-refractivity contribution in [2.24, 2.45) is 0 Å². The molecule has 0 fully saturated rings. The molecule has 0 aromatic rings. The van der Waals surface area contributed by atoms with Crippen LogP contribution in [0.4, 0.5) is 0 Å². The van der Waals surface area contributed by atoms with Crippen LogP contribution in [0.2, 0.25) is 0 Å². The second kappa shape index (κ2) is 7.72. The fourth-order valence-corrected chi connectivity index (χ4v) is 1.74. The van der Waals surface area contributed by atoms with Gasteiger partial charge in [-0.15, -0.1) is 6.58 Å². The molecule has 1 aliphatic rings. The van der Waals surface area contributed by atoms with E-state index in [4.69, 9.17) is 0 Å². The van der Waals surface area contributed by atoms with Crippen LogP contribution in [0.25, 0.3) is 0 Å². The lowest BCUT2D eigenvalue weighted by atomic mass is 10.0. The van der Waals surface area contributed by atoms with Crippen molar-refractivity contribution >= 4 is 0 Å². The smallest absolute Gasteiger partial charge is 0.0107 e. The summed E-state index contributed by atoms with van der Waals surface area (Å²) in [5, 5.41) is 3.20. The molecule has 1 aliphatic carbocycles. The van der Waals surface area contributed by atoms with Gasteiger partial charge in [-0.2, -0.15) is 0 Å². The normalized spacial score (nSPS) is 16.7. The van der Waals surface area contributed by atoms with E-state index in [2.05, 4.69) is 49.2 Å². The zero-order valence-electron chi connectivity index (χ0n) is 11.0. The van der Waals surface area contributed by atoms with Gasteiger partial charge in [0.2, 0.25) is 0 Å². The summed E-state index contributed by atoms with van der Waals surface area (Å²) < 4.78 is 0. The van der Waals surface area contributed by atoms with E-state index >= 15 is 0 Å². The average molecular weight is 229 g/mol. The van der Waals surface area contributed by atoms with E-state index in [1.165, 1.54) is 16.8 Å². The van der Waals surface area contributed by atoms with Crippen LogP contribution in [0.3, 0.4) is 0 Å². The Labute approximate surface area is 105 Å². The standard InChI is InChI=1S/C16H23N/c1-4-5-6-7-14(2)8-9-15-10-12-16(17-3)13-11-15/h4,7-10,12,17H,1,5-6,11,13H2,2-3H3/b9-8+,14-7+. The van der Waals surface area contributed by atoms with Crippen LogP contribution in [0.1, 0.15) is 32.6 Å². The molecule has 92 valence electrons. The van der Waals surface area contributed by atoms with Crippen molar-refractivity contribution in [2.45, 2.75) is 32.6 Å². The number of hydrogen-bond donors (Lipinski definition) is 1. The molecule has 0 saturated heterocycles. The Bertz CT molecular complexity index is 367. The number of hydrogen-bond acceptors (Lipinski definition) is 1. The van der Waals surface area contributed by atoms with Crippen LogP contribution in [0.15, 0.2) is 59.9 Å². The third-order valence-corrected chi connectivity index (χ3v) is 2.90.